The van der Waals surface area contributed by atoms with Crippen molar-refractivity contribution in [1.82, 2.24) is 0 Å². The van der Waals surface area contributed by atoms with E-state index in [1.807, 2.05) is 12.1 Å². The van der Waals surface area contributed by atoms with Gasteiger partial charge >= 0.3 is 0 Å². The van der Waals surface area contributed by atoms with E-state index in [0.29, 0.717) is 11.8 Å². The maximum absolute atomic E-state index is 6.21. The van der Waals surface area contributed by atoms with Crippen LogP contribution < -0.4 is 4.74 Å². The topological polar surface area (TPSA) is 9.23 Å². The molecule has 94 valence electrons. The van der Waals surface area contributed by atoms with Crippen molar-refractivity contribution >= 4 is 11.6 Å². The van der Waals surface area contributed by atoms with Gasteiger partial charge in [0.15, 0.2) is 0 Å². The molecule has 0 spiro atoms. The van der Waals surface area contributed by atoms with Gasteiger partial charge in [-0.25, -0.2) is 0 Å². The summed E-state index contributed by atoms with van der Waals surface area (Å²) in [5.41, 5.74) is 1.29. The van der Waals surface area contributed by atoms with Gasteiger partial charge in [-0.2, -0.15) is 0 Å². The third-order valence-electron chi connectivity index (χ3n) is 3.92. The Kier molecular flexibility index (Phi) is 4.73. The first-order valence-electron chi connectivity index (χ1n) is 6.55. The Bertz CT molecular complexity index is 345. The lowest BCUT2D eigenvalue weighted by atomic mass is 9.77. The molecule has 0 heterocycles. The Labute approximate surface area is 109 Å². The summed E-state index contributed by atoms with van der Waals surface area (Å²) in [5.74, 6) is 2.87. The zero-order valence-corrected chi connectivity index (χ0v) is 11.2. The van der Waals surface area contributed by atoms with E-state index < -0.39 is 0 Å². The van der Waals surface area contributed by atoms with Crippen molar-refractivity contribution in [1.29, 1.82) is 0 Å². The number of methoxy groups -OCH3 is 1. The van der Waals surface area contributed by atoms with E-state index in [0.717, 1.165) is 11.7 Å². The molecular formula is C15H21ClO. The van der Waals surface area contributed by atoms with Crippen LogP contribution in [-0.2, 0) is 0 Å². The molecule has 1 aromatic carbocycles. The maximum atomic E-state index is 6.21. The molecule has 1 aliphatic carbocycles. The molecule has 1 aromatic rings. The Morgan fingerprint density at radius 3 is 2.59 bits per heavy atom. The van der Waals surface area contributed by atoms with Gasteiger partial charge in [0.05, 0.1) is 7.11 Å². The molecule has 0 saturated heterocycles. The van der Waals surface area contributed by atoms with Crippen LogP contribution in [0.3, 0.4) is 0 Å². The average Bonchev–Trinajstić information content (AvgIpc) is 2.41. The lowest BCUT2D eigenvalue weighted by Crippen LogP contribution is -2.18. The second kappa shape index (κ2) is 6.30. The second-order valence-electron chi connectivity index (χ2n) is 4.90. The Hall–Kier alpha value is -0.690. The fraction of sp³-hybridized carbons (Fsp3) is 0.600. The van der Waals surface area contributed by atoms with Crippen molar-refractivity contribution in [3.05, 3.63) is 29.8 Å². The van der Waals surface area contributed by atoms with Crippen molar-refractivity contribution in [2.75, 3.05) is 13.0 Å². The summed E-state index contributed by atoms with van der Waals surface area (Å²) >= 11 is 6.21. The molecule has 0 bridgehead atoms. The highest BCUT2D eigenvalue weighted by Crippen LogP contribution is 2.39. The Morgan fingerprint density at radius 2 is 1.94 bits per heavy atom. The number of alkyl halides is 1. The predicted molar refractivity (Wildman–Crippen MR) is 73.0 cm³/mol. The zero-order valence-electron chi connectivity index (χ0n) is 10.5. The quantitative estimate of drug-likeness (QED) is 0.712. The highest BCUT2D eigenvalue weighted by atomic mass is 35.5. The maximum Gasteiger partial charge on any atom is 0.122 e. The molecule has 1 unspecified atom stereocenters. The summed E-state index contributed by atoms with van der Waals surface area (Å²) in [4.78, 5) is 0. The first-order chi connectivity index (χ1) is 8.36. The fourth-order valence-corrected chi connectivity index (χ4v) is 3.39. The van der Waals surface area contributed by atoms with Crippen molar-refractivity contribution in [2.45, 2.75) is 38.0 Å². The number of rotatable bonds is 4. The van der Waals surface area contributed by atoms with E-state index in [-0.39, 0.29) is 0 Å². The van der Waals surface area contributed by atoms with Crippen molar-refractivity contribution < 1.29 is 4.74 Å². The van der Waals surface area contributed by atoms with Gasteiger partial charge in [0, 0.05) is 11.8 Å². The zero-order chi connectivity index (χ0) is 12.1. The van der Waals surface area contributed by atoms with E-state index in [2.05, 4.69) is 12.1 Å². The summed E-state index contributed by atoms with van der Waals surface area (Å²) in [7, 11) is 1.74. The third-order valence-corrected chi connectivity index (χ3v) is 4.26. The van der Waals surface area contributed by atoms with Crippen molar-refractivity contribution in [3.8, 4) is 5.75 Å². The first kappa shape index (κ1) is 12.8. The van der Waals surface area contributed by atoms with Crippen LogP contribution in [0.5, 0.6) is 5.75 Å². The van der Waals surface area contributed by atoms with E-state index in [1.165, 1.54) is 37.7 Å². The third kappa shape index (κ3) is 2.95. The smallest absolute Gasteiger partial charge is 0.122 e. The molecule has 0 N–H and O–H groups in total. The van der Waals surface area contributed by atoms with Crippen LogP contribution in [0.15, 0.2) is 24.3 Å². The van der Waals surface area contributed by atoms with Gasteiger partial charge in [0.1, 0.15) is 5.75 Å². The first-order valence-corrected chi connectivity index (χ1v) is 7.09. The van der Waals surface area contributed by atoms with Gasteiger partial charge in [-0.3, -0.25) is 0 Å². The normalized spacial score (nSPS) is 18.9. The monoisotopic (exact) mass is 252 g/mol. The second-order valence-corrected chi connectivity index (χ2v) is 5.21. The minimum absolute atomic E-state index is 0.452. The minimum Gasteiger partial charge on any atom is -0.496 e. The Morgan fingerprint density at radius 1 is 1.24 bits per heavy atom. The molecule has 1 saturated carbocycles. The van der Waals surface area contributed by atoms with E-state index in [4.69, 9.17) is 16.3 Å². The van der Waals surface area contributed by atoms with Gasteiger partial charge in [-0.05, 0) is 30.4 Å². The molecule has 0 aliphatic heterocycles. The van der Waals surface area contributed by atoms with E-state index >= 15 is 0 Å². The number of halogens is 1. The number of ether oxygens (including phenoxy) is 1. The lowest BCUT2D eigenvalue weighted by Gasteiger charge is -2.30. The van der Waals surface area contributed by atoms with Crippen LogP contribution >= 0.6 is 11.6 Å². The van der Waals surface area contributed by atoms with Gasteiger partial charge in [-0.15, -0.1) is 11.6 Å². The molecule has 1 aliphatic rings. The number of para-hydroxylation sites is 1. The van der Waals surface area contributed by atoms with Crippen LogP contribution in [0, 0.1) is 5.92 Å². The number of hydrogen-bond donors (Lipinski definition) is 0. The highest BCUT2D eigenvalue weighted by molar-refractivity contribution is 6.18. The van der Waals surface area contributed by atoms with Gasteiger partial charge in [0.2, 0.25) is 0 Å². The molecule has 0 aromatic heterocycles. The lowest BCUT2D eigenvalue weighted by molar-refractivity contribution is 0.310. The van der Waals surface area contributed by atoms with Crippen molar-refractivity contribution in [3.63, 3.8) is 0 Å². The van der Waals surface area contributed by atoms with Crippen molar-refractivity contribution in [2.24, 2.45) is 5.92 Å². The molecule has 0 amide bonds. The SMILES string of the molecule is COc1ccccc1C(CCl)C1CCCCC1. The summed E-state index contributed by atoms with van der Waals surface area (Å²) in [6.07, 6.45) is 6.72. The van der Waals surface area contributed by atoms with E-state index in [1.54, 1.807) is 7.11 Å². The molecule has 0 radical (unpaired) electrons. The summed E-state index contributed by atoms with van der Waals surface area (Å²) in [5, 5.41) is 0. The fourth-order valence-electron chi connectivity index (χ4n) is 2.97. The molecule has 2 heteroatoms. The Balaban J connectivity index is 2.21. The standard InChI is InChI=1S/C15H21ClO/c1-17-15-10-6-5-9-13(15)14(11-16)12-7-3-2-4-8-12/h5-6,9-10,12,14H,2-4,7-8,11H2,1H3. The minimum atomic E-state index is 0.452. The van der Waals surface area contributed by atoms with Crippen LogP contribution in [0.1, 0.15) is 43.6 Å². The van der Waals surface area contributed by atoms with Gasteiger partial charge < -0.3 is 4.74 Å². The van der Waals surface area contributed by atoms with Crippen LogP contribution in [0.25, 0.3) is 0 Å². The average molecular weight is 253 g/mol. The molecule has 1 atom stereocenters. The van der Waals surface area contributed by atoms with Gasteiger partial charge in [-0.1, -0.05) is 37.5 Å². The van der Waals surface area contributed by atoms with E-state index in [9.17, 15) is 0 Å². The summed E-state index contributed by atoms with van der Waals surface area (Å²) < 4.78 is 5.46. The summed E-state index contributed by atoms with van der Waals surface area (Å²) in [6.45, 7) is 0. The molecule has 2 rings (SSSR count). The molecule has 1 fully saturated rings. The van der Waals surface area contributed by atoms with Crippen LogP contribution in [0.2, 0.25) is 0 Å². The highest BCUT2D eigenvalue weighted by Gasteiger charge is 2.26. The molecule has 17 heavy (non-hydrogen) atoms. The van der Waals surface area contributed by atoms with Crippen LogP contribution in [0.4, 0.5) is 0 Å². The largest absolute Gasteiger partial charge is 0.496 e. The number of hydrogen-bond acceptors (Lipinski definition) is 1. The molecule has 1 nitrogen and oxygen atoms in total. The van der Waals surface area contributed by atoms with Gasteiger partial charge in [0.25, 0.3) is 0 Å². The molecular weight excluding hydrogens is 232 g/mol. The number of benzene rings is 1. The predicted octanol–water partition coefficient (Wildman–Crippen LogP) is 4.60. The summed E-state index contributed by atoms with van der Waals surface area (Å²) in [6, 6.07) is 8.31. The van der Waals surface area contributed by atoms with Crippen LogP contribution in [-0.4, -0.2) is 13.0 Å².